The van der Waals surface area contributed by atoms with Crippen LogP contribution in [0.15, 0.2) is 18.3 Å². The van der Waals surface area contributed by atoms with Crippen molar-refractivity contribution in [2.75, 3.05) is 13.2 Å². The fraction of sp³-hybridized carbons (Fsp3) is 0.600. The Bertz CT molecular complexity index is 499. The smallest absolute Gasteiger partial charge is 0.272 e. The number of nitrogens with zero attached hydrogens (tertiary/aromatic N) is 1. The minimum Gasteiger partial charge on any atom is -0.472 e. The van der Waals surface area contributed by atoms with Gasteiger partial charge in [0.1, 0.15) is 0 Å². The van der Waals surface area contributed by atoms with Crippen LogP contribution in [-0.4, -0.2) is 41.7 Å². The number of rotatable bonds is 6. The second-order valence-corrected chi connectivity index (χ2v) is 5.39. The van der Waals surface area contributed by atoms with Gasteiger partial charge in [0.2, 0.25) is 5.88 Å². The lowest BCUT2D eigenvalue weighted by atomic mass is 9.85. The molecule has 1 aromatic heterocycles. The highest BCUT2D eigenvalue weighted by Gasteiger charge is 2.26. The maximum atomic E-state index is 12.2. The van der Waals surface area contributed by atoms with Crippen molar-refractivity contribution < 1.29 is 23.4 Å². The molecule has 22 heavy (non-hydrogen) atoms. The molecule has 1 aliphatic rings. The maximum absolute atomic E-state index is 12.2. The number of amides is 1. The Morgan fingerprint density at radius 1 is 1.45 bits per heavy atom. The highest BCUT2D eigenvalue weighted by Crippen LogP contribution is 2.24. The summed E-state index contributed by atoms with van der Waals surface area (Å²) >= 11 is 0. The third-order valence-electron chi connectivity index (χ3n) is 3.81. The zero-order valence-corrected chi connectivity index (χ0v) is 12.2. The first-order valence-corrected chi connectivity index (χ1v) is 7.39. The molecule has 0 bridgehead atoms. The van der Waals surface area contributed by atoms with Gasteiger partial charge < -0.3 is 15.2 Å². The number of alkyl halides is 2. The summed E-state index contributed by atoms with van der Waals surface area (Å²) in [5.41, 5.74) is 0.307. The number of aliphatic hydroxyl groups is 1. The Kier molecular flexibility index (Phi) is 6.06. The fourth-order valence-corrected chi connectivity index (χ4v) is 2.65. The first kappa shape index (κ1) is 16.6. The second kappa shape index (κ2) is 8.03. The zero-order valence-electron chi connectivity index (χ0n) is 12.2. The van der Waals surface area contributed by atoms with Crippen molar-refractivity contribution in [2.45, 2.75) is 38.2 Å². The van der Waals surface area contributed by atoms with Gasteiger partial charge in [-0.25, -0.2) is 13.8 Å². The molecule has 1 heterocycles. The molecular weight excluding hydrogens is 294 g/mol. The lowest BCUT2D eigenvalue weighted by Crippen LogP contribution is -2.43. The first-order chi connectivity index (χ1) is 10.6. The quantitative estimate of drug-likeness (QED) is 0.842. The molecule has 2 N–H and O–H groups in total. The number of ether oxygens (including phenoxy) is 1. The van der Waals surface area contributed by atoms with Crippen molar-refractivity contribution in [3.05, 3.63) is 23.9 Å². The summed E-state index contributed by atoms with van der Waals surface area (Å²) < 4.78 is 29.0. The van der Waals surface area contributed by atoms with Crippen LogP contribution in [-0.2, 0) is 0 Å². The summed E-state index contributed by atoms with van der Waals surface area (Å²) in [5, 5.41) is 12.3. The average molecular weight is 314 g/mol. The molecule has 1 aromatic rings. The van der Waals surface area contributed by atoms with E-state index < -0.39 is 13.0 Å². The minimum atomic E-state index is -2.59. The predicted molar refractivity (Wildman–Crippen MR) is 76.0 cm³/mol. The Morgan fingerprint density at radius 3 is 2.95 bits per heavy atom. The summed E-state index contributed by atoms with van der Waals surface area (Å²) in [4.78, 5) is 16.0. The fourth-order valence-electron chi connectivity index (χ4n) is 2.65. The van der Waals surface area contributed by atoms with Crippen LogP contribution < -0.4 is 10.1 Å². The van der Waals surface area contributed by atoms with Gasteiger partial charge in [0, 0.05) is 36.4 Å². The molecule has 7 heteroatoms. The Morgan fingerprint density at radius 2 is 2.23 bits per heavy atom. The molecule has 0 aliphatic heterocycles. The number of halogens is 2. The molecule has 0 saturated heterocycles. The van der Waals surface area contributed by atoms with Crippen molar-refractivity contribution >= 4 is 5.91 Å². The van der Waals surface area contributed by atoms with Gasteiger partial charge in [-0.05, 0) is 18.9 Å². The van der Waals surface area contributed by atoms with Crippen LogP contribution in [0, 0.1) is 5.92 Å². The highest BCUT2D eigenvalue weighted by molar-refractivity contribution is 5.94. The van der Waals surface area contributed by atoms with Gasteiger partial charge in [0.25, 0.3) is 12.3 Å². The van der Waals surface area contributed by atoms with Gasteiger partial charge in [-0.15, -0.1) is 0 Å². The Balaban J connectivity index is 1.98. The molecular formula is C15H20F2N2O3. The summed E-state index contributed by atoms with van der Waals surface area (Å²) in [6, 6.07) is 2.78. The molecule has 1 fully saturated rings. The van der Waals surface area contributed by atoms with Gasteiger partial charge >= 0.3 is 0 Å². The molecule has 0 spiro atoms. The van der Waals surface area contributed by atoms with E-state index in [0.29, 0.717) is 5.56 Å². The molecule has 1 saturated carbocycles. The first-order valence-electron chi connectivity index (χ1n) is 7.39. The minimum absolute atomic E-state index is 0.00435. The number of carbonyl (C=O) groups excluding carboxylic acids is 1. The predicted octanol–water partition coefficient (Wildman–Crippen LogP) is 2.01. The average Bonchev–Trinajstić information content (AvgIpc) is 2.53. The van der Waals surface area contributed by atoms with Gasteiger partial charge in [-0.2, -0.15) is 0 Å². The molecule has 2 unspecified atom stereocenters. The van der Waals surface area contributed by atoms with Gasteiger partial charge in [-0.3, -0.25) is 4.79 Å². The molecule has 0 aromatic carbocycles. The van der Waals surface area contributed by atoms with Gasteiger partial charge in [-0.1, -0.05) is 12.8 Å². The van der Waals surface area contributed by atoms with Crippen molar-refractivity contribution in [3.63, 3.8) is 0 Å². The SMILES string of the molecule is O=C(NC1CCCCC1CO)c1ccnc(OCC(F)F)c1. The van der Waals surface area contributed by atoms with E-state index in [9.17, 15) is 18.7 Å². The van der Waals surface area contributed by atoms with Crippen LogP contribution in [0.2, 0.25) is 0 Å². The molecule has 1 amide bonds. The van der Waals surface area contributed by atoms with Crippen LogP contribution in [0.25, 0.3) is 0 Å². The third kappa shape index (κ3) is 4.62. The van der Waals surface area contributed by atoms with Crippen molar-refractivity contribution in [1.29, 1.82) is 0 Å². The number of hydrogen-bond donors (Lipinski definition) is 2. The number of hydrogen-bond acceptors (Lipinski definition) is 4. The number of aliphatic hydroxyl groups excluding tert-OH is 1. The highest BCUT2D eigenvalue weighted by atomic mass is 19.3. The van der Waals surface area contributed by atoms with Crippen LogP contribution in [0.1, 0.15) is 36.0 Å². The molecule has 1 aliphatic carbocycles. The lowest BCUT2D eigenvalue weighted by molar-refractivity contribution is 0.0793. The van der Waals surface area contributed by atoms with Crippen LogP contribution in [0.4, 0.5) is 8.78 Å². The van der Waals surface area contributed by atoms with Crippen molar-refractivity contribution in [2.24, 2.45) is 5.92 Å². The summed E-state index contributed by atoms with van der Waals surface area (Å²) in [6.45, 7) is -0.711. The maximum Gasteiger partial charge on any atom is 0.272 e. The van der Waals surface area contributed by atoms with E-state index in [-0.39, 0.29) is 30.4 Å². The summed E-state index contributed by atoms with van der Waals surface area (Å²) in [5.74, 6) is -0.251. The monoisotopic (exact) mass is 314 g/mol. The van der Waals surface area contributed by atoms with Crippen LogP contribution in [0.3, 0.4) is 0 Å². The Labute approximate surface area is 127 Å². The van der Waals surface area contributed by atoms with E-state index in [0.717, 1.165) is 25.7 Å². The zero-order chi connectivity index (χ0) is 15.9. The van der Waals surface area contributed by atoms with E-state index >= 15 is 0 Å². The number of carbonyl (C=O) groups is 1. The molecule has 0 radical (unpaired) electrons. The molecule has 2 rings (SSSR count). The van der Waals surface area contributed by atoms with Crippen molar-refractivity contribution in [1.82, 2.24) is 10.3 Å². The summed E-state index contributed by atoms with van der Waals surface area (Å²) in [6.07, 6.45) is 2.54. The van der Waals surface area contributed by atoms with Crippen molar-refractivity contribution in [3.8, 4) is 5.88 Å². The molecule has 5 nitrogen and oxygen atoms in total. The number of aromatic nitrogens is 1. The van der Waals surface area contributed by atoms with Gasteiger partial charge in [0.05, 0.1) is 0 Å². The number of pyridine rings is 1. The molecule has 2 atom stereocenters. The Hall–Kier alpha value is -1.76. The van der Waals surface area contributed by atoms with E-state index in [1.54, 1.807) is 0 Å². The molecule has 122 valence electrons. The van der Waals surface area contributed by atoms with E-state index in [1.165, 1.54) is 18.3 Å². The standard InChI is InChI=1S/C15H20F2N2O3/c16-13(17)9-22-14-7-10(5-6-18-14)15(21)19-12-4-2-1-3-11(12)8-20/h5-7,11-13,20H,1-4,8-9H2,(H,19,21). The van der Waals surface area contributed by atoms with Gasteiger partial charge in [0.15, 0.2) is 6.61 Å². The lowest BCUT2D eigenvalue weighted by Gasteiger charge is -2.30. The van der Waals surface area contributed by atoms with Crippen LogP contribution >= 0.6 is 0 Å². The van der Waals surface area contributed by atoms with Crippen LogP contribution in [0.5, 0.6) is 5.88 Å². The largest absolute Gasteiger partial charge is 0.472 e. The topological polar surface area (TPSA) is 71.5 Å². The number of nitrogens with one attached hydrogen (secondary N) is 1. The van der Waals surface area contributed by atoms with E-state index in [4.69, 9.17) is 4.74 Å². The summed E-state index contributed by atoms with van der Waals surface area (Å²) in [7, 11) is 0. The second-order valence-electron chi connectivity index (χ2n) is 5.39. The normalized spacial score (nSPS) is 21.6. The van der Waals surface area contributed by atoms with E-state index in [2.05, 4.69) is 10.3 Å². The van der Waals surface area contributed by atoms with E-state index in [1.807, 2.05) is 0 Å². The third-order valence-corrected chi connectivity index (χ3v) is 3.81.